The van der Waals surface area contributed by atoms with Crippen LogP contribution in [0.3, 0.4) is 0 Å². The molecule has 6 heteroatoms. The number of amides is 1. The van der Waals surface area contributed by atoms with Crippen LogP contribution in [0.1, 0.15) is 20.1 Å². The van der Waals surface area contributed by atoms with Crippen LogP contribution in [0.4, 0.5) is 5.82 Å². The van der Waals surface area contributed by atoms with Gasteiger partial charge in [0.1, 0.15) is 5.82 Å². The zero-order valence-electron chi connectivity index (χ0n) is 10.7. The van der Waals surface area contributed by atoms with Gasteiger partial charge in [0.05, 0.1) is 4.88 Å². The van der Waals surface area contributed by atoms with Crippen LogP contribution in [0, 0.1) is 6.92 Å². The second-order valence-electron chi connectivity index (χ2n) is 4.00. The highest BCUT2D eigenvalue weighted by molar-refractivity contribution is 7.15. The van der Waals surface area contributed by atoms with E-state index in [9.17, 15) is 9.59 Å². The van der Waals surface area contributed by atoms with Crippen molar-refractivity contribution in [2.45, 2.75) is 6.92 Å². The van der Waals surface area contributed by atoms with Gasteiger partial charge in [0.25, 0.3) is 5.91 Å². The fraction of sp³-hybridized carbons (Fsp3) is 0.0714. The van der Waals surface area contributed by atoms with Crippen molar-refractivity contribution < 1.29 is 14.7 Å². The molecular formula is C14H12N2O3S. The van der Waals surface area contributed by atoms with Crippen molar-refractivity contribution in [3.05, 3.63) is 51.9 Å². The van der Waals surface area contributed by atoms with Gasteiger partial charge < -0.3 is 10.4 Å². The maximum Gasteiger partial charge on any atom is 0.328 e. The molecule has 0 spiro atoms. The summed E-state index contributed by atoms with van der Waals surface area (Å²) >= 11 is 1.24. The smallest absolute Gasteiger partial charge is 0.328 e. The summed E-state index contributed by atoms with van der Waals surface area (Å²) in [7, 11) is 0. The standard InChI is InChI=1S/C14H12N2O3S/c1-9-8-11(20-10(9)5-6-13(17)18)14(19)16-12-4-2-3-7-15-12/h2-8H,1H3,(H,17,18)(H,15,16,19)/b6-5+. The Bertz CT molecular complexity index is 662. The first-order chi connectivity index (χ1) is 9.56. The predicted molar refractivity (Wildman–Crippen MR) is 77.9 cm³/mol. The first-order valence-electron chi connectivity index (χ1n) is 5.80. The molecule has 5 nitrogen and oxygen atoms in total. The maximum absolute atomic E-state index is 12.0. The van der Waals surface area contributed by atoms with Gasteiger partial charge in [-0.05, 0) is 36.8 Å². The van der Waals surface area contributed by atoms with Crippen LogP contribution in [0.5, 0.6) is 0 Å². The summed E-state index contributed by atoms with van der Waals surface area (Å²) in [6.45, 7) is 1.83. The number of anilines is 1. The maximum atomic E-state index is 12.0. The molecule has 0 aromatic carbocycles. The van der Waals surface area contributed by atoms with Crippen molar-refractivity contribution in [1.29, 1.82) is 0 Å². The molecule has 0 unspecified atom stereocenters. The lowest BCUT2D eigenvalue weighted by molar-refractivity contribution is -0.131. The van der Waals surface area contributed by atoms with Gasteiger partial charge in [-0.2, -0.15) is 0 Å². The first kappa shape index (κ1) is 14.0. The third kappa shape index (κ3) is 3.52. The van der Waals surface area contributed by atoms with Crippen LogP contribution in [-0.2, 0) is 4.79 Å². The number of carbonyl (C=O) groups is 2. The molecule has 2 rings (SSSR count). The quantitative estimate of drug-likeness (QED) is 0.848. The molecule has 2 aromatic rings. The minimum absolute atomic E-state index is 0.258. The molecule has 0 aliphatic heterocycles. The molecule has 0 fully saturated rings. The Hall–Kier alpha value is -2.47. The van der Waals surface area contributed by atoms with E-state index in [4.69, 9.17) is 5.11 Å². The molecule has 0 radical (unpaired) electrons. The molecule has 0 atom stereocenters. The van der Waals surface area contributed by atoms with Gasteiger partial charge in [0, 0.05) is 17.2 Å². The molecule has 0 bridgehead atoms. The van der Waals surface area contributed by atoms with E-state index in [1.54, 1.807) is 30.5 Å². The highest BCUT2D eigenvalue weighted by atomic mass is 32.1. The third-order valence-electron chi connectivity index (χ3n) is 2.46. The Balaban J connectivity index is 2.15. The number of pyridine rings is 1. The number of carbonyl (C=O) groups excluding carboxylic acids is 1. The van der Waals surface area contributed by atoms with Gasteiger partial charge in [-0.25, -0.2) is 9.78 Å². The van der Waals surface area contributed by atoms with Gasteiger partial charge in [-0.3, -0.25) is 4.79 Å². The van der Waals surface area contributed by atoms with Crippen molar-refractivity contribution >= 4 is 35.1 Å². The Morgan fingerprint density at radius 1 is 1.40 bits per heavy atom. The van der Waals surface area contributed by atoms with Crippen molar-refractivity contribution in [3.63, 3.8) is 0 Å². The SMILES string of the molecule is Cc1cc(C(=O)Nc2ccccn2)sc1/C=C/C(=O)O. The van der Waals surface area contributed by atoms with E-state index >= 15 is 0 Å². The van der Waals surface area contributed by atoms with E-state index in [0.717, 1.165) is 16.5 Å². The summed E-state index contributed by atoms with van der Waals surface area (Å²) < 4.78 is 0. The van der Waals surface area contributed by atoms with Crippen molar-refractivity contribution in [2.24, 2.45) is 0 Å². The van der Waals surface area contributed by atoms with Crippen LogP contribution in [0.25, 0.3) is 6.08 Å². The number of carboxylic acid groups (broad SMARTS) is 1. The zero-order chi connectivity index (χ0) is 14.5. The zero-order valence-corrected chi connectivity index (χ0v) is 11.5. The van der Waals surface area contributed by atoms with E-state index in [2.05, 4.69) is 10.3 Å². The fourth-order valence-electron chi connectivity index (χ4n) is 1.54. The topological polar surface area (TPSA) is 79.3 Å². The molecule has 2 N–H and O–H groups in total. The van der Waals surface area contributed by atoms with Crippen molar-refractivity contribution in [2.75, 3.05) is 5.32 Å². The van der Waals surface area contributed by atoms with E-state index in [0.29, 0.717) is 10.7 Å². The summed E-state index contributed by atoms with van der Waals surface area (Å²) in [5, 5.41) is 11.3. The number of nitrogens with one attached hydrogen (secondary N) is 1. The van der Waals surface area contributed by atoms with E-state index in [1.807, 2.05) is 6.92 Å². The summed E-state index contributed by atoms with van der Waals surface area (Å²) in [6.07, 6.45) is 4.13. The number of aliphatic carboxylic acids is 1. The monoisotopic (exact) mass is 288 g/mol. The molecule has 20 heavy (non-hydrogen) atoms. The molecule has 0 aliphatic carbocycles. The van der Waals surface area contributed by atoms with E-state index in [1.165, 1.54) is 17.4 Å². The molecular weight excluding hydrogens is 276 g/mol. The van der Waals surface area contributed by atoms with Gasteiger partial charge in [-0.1, -0.05) is 6.07 Å². The number of thiophene rings is 1. The summed E-state index contributed by atoms with van der Waals surface area (Å²) in [5.74, 6) is -0.796. The molecule has 0 aliphatic rings. The van der Waals surface area contributed by atoms with Gasteiger partial charge >= 0.3 is 5.97 Å². The van der Waals surface area contributed by atoms with Crippen LogP contribution in [0.2, 0.25) is 0 Å². The van der Waals surface area contributed by atoms with Crippen LogP contribution < -0.4 is 5.32 Å². The minimum atomic E-state index is -1.02. The molecule has 2 heterocycles. The van der Waals surface area contributed by atoms with Crippen molar-refractivity contribution in [1.82, 2.24) is 4.98 Å². The van der Waals surface area contributed by atoms with Gasteiger partial charge in [-0.15, -0.1) is 11.3 Å². The third-order valence-corrected chi connectivity index (χ3v) is 3.66. The van der Waals surface area contributed by atoms with Crippen LogP contribution in [0.15, 0.2) is 36.5 Å². The number of aromatic nitrogens is 1. The second-order valence-corrected chi connectivity index (χ2v) is 5.08. The molecule has 0 saturated carbocycles. The van der Waals surface area contributed by atoms with E-state index in [-0.39, 0.29) is 5.91 Å². The lowest BCUT2D eigenvalue weighted by Gasteiger charge is -2.00. The number of hydrogen-bond donors (Lipinski definition) is 2. The number of nitrogens with zero attached hydrogens (tertiary/aromatic N) is 1. The summed E-state index contributed by atoms with van der Waals surface area (Å²) in [6, 6.07) is 6.97. The average Bonchev–Trinajstić information content (AvgIpc) is 2.79. The van der Waals surface area contributed by atoms with E-state index < -0.39 is 5.97 Å². The fourth-order valence-corrected chi connectivity index (χ4v) is 2.51. The summed E-state index contributed by atoms with van der Waals surface area (Å²) in [4.78, 5) is 27.8. The summed E-state index contributed by atoms with van der Waals surface area (Å²) in [5.41, 5.74) is 0.860. The molecule has 0 saturated heterocycles. The Morgan fingerprint density at radius 3 is 2.85 bits per heavy atom. The van der Waals surface area contributed by atoms with Crippen molar-refractivity contribution in [3.8, 4) is 0 Å². The molecule has 2 aromatic heterocycles. The Labute approximate surface area is 119 Å². The lowest BCUT2D eigenvalue weighted by Crippen LogP contribution is -2.10. The largest absolute Gasteiger partial charge is 0.478 e. The number of hydrogen-bond acceptors (Lipinski definition) is 4. The number of aryl methyl sites for hydroxylation is 1. The Morgan fingerprint density at radius 2 is 2.20 bits per heavy atom. The van der Waals surface area contributed by atoms with Crippen LogP contribution in [-0.4, -0.2) is 22.0 Å². The minimum Gasteiger partial charge on any atom is -0.478 e. The lowest BCUT2D eigenvalue weighted by atomic mass is 10.2. The second kappa shape index (κ2) is 6.12. The highest BCUT2D eigenvalue weighted by Gasteiger charge is 2.12. The predicted octanol–water partition coefficient (Wildman–Crippen LogP) is 2.80. The highest BCUT2D eigenvalue weighted by Crippen LogP contribution is 2.24. The average molecular weight is 288 g/mol. The molecule has 1 amide bonds. The number of rotatable bonds is 4. The Kier molecular flexibility index (Phi) is 4.27. The van der Waals surface area contributed by atoms with Gasteiger partial charge in [0.2, 0.25) is 0 Å². The first-order valence-corrected chi connectivity index (χ1v) is 6.62. The van der Waals surface area contributed by atoms with Gasteiger partial charge in [0.15, 0.2) is 0 Å². The molecule has 102 valence electrons. The normalized spacial score (nSPS) is 10.7. The number of carboxylic acids is 1. The van der Waals surface area contributed by atoms with Crippen LogP contribution >= 0.6 is 11.3 Å².